The number of halogens is 1. The van der Waals surface area contributed by atoms with Gasteiger partial charge >= 0.3 is 0 Å². The van der Waals surface area contributed by atoms with E-state index in [1.54, 1.807) is 0 Å². The summed E-state index contributed by atoms with van der Waals surface area (Å²) < 4.78 is 5.40. The highest BCUT2D eigenvalue weighted by atomic mass is 35.5. The van der Waals surface area contributed by atoms with Gasteiger partial charge in [0.25, 0.3) is 0 Å². The van der Waals surface area contributed by atoms with Crippen molar-refractivity contribution in [3.63, 3.8) is 0 Å². The molecule has 1 aliphatic heterocycles. The van der Waals surface area contributed by atoms with Crippen molar-refractivity contribution in [1.82, 2.24) is 4.90 Å². The number of benzene rings is 2. The largest absolute Gasteiger partial charge is 0.379 e. The first-order valence-electron chi connectivity index (χ1n) is 8.88. The van der Waals surface area contributed by atoms with Gasteiger partial charge in [-0.15, -0.1) is 0 Å². The van der Waals surface area contributed by atoms with Gasteiger partial charge in [0.05, 0.1) is 13.2 Å². The van der Waals surface area contributed by atoms with Gasteiger partial charge in [-0.3, -0.25) is 4.90 Å². The predicted octanol–water partition coefficient (Wildman–Crippen LogP) is 5.22. The van der Waals surface area contributed by atoms with Crippen molar-refractivity contribution >= 4 is 11.6 Å². The average molecular weight is 344 g/mol. The molecule has 0 bridgehead atoms. The number of hydrogen-bond acceptors (Lipinski definition) is 2. The summed E-state index contributed by atoms with van der Waals surface area (Å²) in [6.45, 7) is 7.48. The Morgan fingerprint density at radius 1 is 0.958 bits per heavy atom. The summed E-state index contributed by atoms with van der Waals surface area (Å²) in [6.07, 6.45) is 2.48. The Labute approximate surface area is 150 Å². The minimum Gasteiger partial charge on any atom is -0.379 e. The zero-order valence-corrected chi connectivity index (χ0v) is 15.1. The SMILES string of the molecule is CC(CCCN1CCOCC1)c1ccc(-c2ccc(Cl)cc2)cc1. The van der Waals surface area contributed by atoms with Crippen LogP contribution in [0.5, 0.6) is 0 Å². The average Bonchev–Trinajstić information content (AvgIpc) is 2.63. The van der Waals surface area contributed by atoms with Crippen molar-refractivity contribution in [2.24, 2.45) is 0 Å². The van der Waals surface area contributed by atoms with Crippen LogP contribution in [0.3, 0.4) is 0 Å². The first-order chi connectivity index (χ1) is 11.7. The fourth-order valence-electron chi connectivity index (χ4n) is 3.26. The zero-order chi connectivity index (χ0) is 16.8. The van der Waals surface area contributed by atoms with Gasteiger partial charge in [-0.1, -0.05) is 54.9 Å². The van der Waals surface area contributed by atoms with E-state index < -0.39 is 0 Å². The highest BCUT2D eigenvalue weighted by Crippen LogP contribution is 2.26. The maximum absolute atomic E-state index is 5.96. The molecule has 0 amide bonds. The Bertz CT molecular complexity index is 617. The second kappa shape index (κ2) is 8.66. The molecule has 1 saturated heterocycles. The van der Waals surface area contributed by atoms with Crippen LogP contribution in [-0.2, 0) is 4.74 Å². The Hall–Kier alpha value is -1.35. The van der Waals surface area contributed by atoms with E-state index in [4.69, 9.17) is 16.3 Å². The predicted molar refractivity (Wildman–Crippen MR) is 102 cm³/mol. The number of hydrogen-bond donors (Lipinski definition) is 0. The standard InChI is InChI=1S/C21H26ClNO/c1-17(3-2-12-23-13-15-24-16-14-23)18-4-6-19(7-5-18)20-8-10-21(22)11-9-20/h4-11,17H,2-3,12-16H2,1H3. The molecule has 3 heteroatoms. The molecule has 0 radical (unpaired) electrons. The Kier molecular flexibility index (Phi) is 6.30. The summed E-state index contributed by atoms with van der Waals surface area (Å²) >= 11 is 5.96. The maximum Gasteiger partial charge on any atom is 0.0594 e. The van der Waals surface area contributed by atoms with Crippen molar-refractivity contribution in [2.75, 3.05) is 32.8 Å². The smallest absolute Gasteiger partial charge is 0.0594 e. The number of morpholine rings is 1. The molecule has 0 spiro atoms. The lowest BCUT2D eigenvalue weighted by atomic mass is 9.94. The third kappa shape index (κ3) is 4.83. The molecule has 3 rings (SSSR count). The normalized spacial score (nSPS) is 16.9. The van der Waals surface area contributed by atoms with Crippen molar-refractivity contribution in [2.45, 2.75) is 25.7 Å². The summed E-state index contributed by atoms with van der Waals surface area (Å²) in [5.74, 6) is 0.602. The van der Waals surface area contributed by atoms with Crippen LogP contribution in [0.1, 0.15) is 31.2 Å². The molecule has 0 aliphatic carbocycles. The third-order valence-electron chi connectivity index (χ3n) is 4.87. The van der Waals surface area contributed by atoms with Gasteiger partial charge in [-0.05, 0) is 54.1 Å². The van der Waals surface area contributed by atoms with Gasteiger partial charge in [-0.2, -0.15) is 0 Å². The Morgan fingerprint density at radius 2 is 1.54 bits per heavy atom. The summed E-state index contributed by atoms with van der Waals surface area (Å²) in [6, 6.07) is 17.0. The number of ether oxygens (including phenoxy) is 1. The summed E-state index contributed by atoms with van der Waals surface area (Å²) in [5.41, 5.74) is 3.89. The summed E-state index contributed by atoms with van der Waals surface area (Å²) in [7, 11) is 0. The van der Waals surface area contributed by atoms with Crippen LogP contribution in [0.2, 0.25) is 5.02 Å². The van der Waals surface area contributed by atoms with E-state index in [-0.39, 0.29) is 0 Å². The minimum absolute atomic E-state index is 0.602. The molecular weight excluding hydrogens is 318 g/mol. The van der Waals surface area contributed by atoms with Gasteiger partial charge in [0.1, 0.15) is 0 Å². The Balaban J connectivity index is 1.51. The molecule has 1 aliphatic rings. The quantitative estimate of drug-likeness (QED) is 0.712. The lowest BCUT2D eigenvalue weighted by molar-refractivity contribution is 0.0370. The molecule has 1 atom stereocenters. The molecule has 1 fully saturated rings. The van der Waals surface area contributed by atoms with E-state index in [1.807, 2.05) is 12.1 Å². The molecule has 0 saturated carbocycles. The molecule has 0 aromatic heterocycles. The van der Waals surface area contributed by atoms with Crippen LogP contribution in [0.25, 0.3) is 11.1 Å². The van der Waals surface area contributed by atoms with Crippen molar-refractivity contribution < 1.29 is 4.74 Å². The monoisotopic (exact) mass is 343 g/mol. The number of rotatable bonds is 6. The van der Waals surface area contributed by atoms with Crippen LogP contribution in [0.4, 0.5) is 0 Å². The van der Waals surface area contributed by atoms with Crippen LogP contribution in [-0.4, -0.2) is 37.7 Å². The van der Waals surface area contributed by atoms with E-state index in [9.17, 15) is 0 Å². The molecule has 1 unspecified atom stereocenters. The van der Waals surface area contributed by atoms with Crippen LogP contribution >= 0.6 is 11.6 Å². The van der Waals surface area contributed by atoms with E-state index in [1.165, 1.54) is 36.1 Å². The lowest BCUT2D eigenvalue weighted by Crippen LogP contribution is -2.36. The van der Waals surface area contributed by atoms with Crippen LogP contribution < -0.4 is 0 Å². The van der Waals surface area contributed by atoms with E-state index in [0.29, 0.717) is 5.92 Å². The highest BCUT2D eigenvalue weighted by Gasteiger charge is 2.11. The van der Waals surface area contributed by atoms with Gasteiger partial charge in [0.15, 0.2) is 0 Å². The molecular formula is C21H26ClNO. The van der Waals surface area contributed by atoms with E-state index in [2.05, 4.69) is 48.2 Å². The van der Waals surface area contributed by atoms with Gasteiger partial charge in [0.2, 0.25) is 0 Å². The van der Waals surface area contributed by atoms with Gasteiger partial charge in [-0.25, -0.2) is 0 Å². The second-order valence-corrected chi connectivity index (χ2v) is 7.06. The Morgan fingerprint density at radius 3 is 2.17 bits per heavy atom. The summed E-state index contributed by atoms with van der Waals surface area (Å²) in [5, 5.41) is 0.782. The molecule has 2 aromatic rings. The molecule has 2 nitrogen and oxygen atoms in total. The summed E-state index contributed by atoms with van der Waals surface area (Å²) in [4.78, 5) is 2.51. The van der Waals surface area contributed by atoms with Crippen molar-refractivity contribution in [3.05, 3.63) is 59.1 Å². The minimum atomic E-state index is 0.602. The van der Waals surface area contributed by atoms with E-state index in [0.717, 1.165) is 31.3 Å². The molecule has 2 aromatic carbocycles. The molecule has 0 N–H and O–H groups in total. The second-order valence-electron chi connectivity index (χ2n) is 6.63. The molecule has 128 valence electrons. The van der Waals surface area contributed by atoms with Crippen molar-refractivity contribution in [3.8, 4) is 11.1 Å². The maximum atomic E-state index is 5.96. The first-order valence-corrected chi connectivity index (χ1v) is 9.26. The number of nitrogens with zero attached hydrogens (tertiary/aromatic N) is 1. The lowest BCUT2D eigenvalue weighted by Gasteiger charge is -2.26. The topological polar surface area (TPSA) is 12.5 Å². The fourth-order valence-corrected chi connectivity index (χ4v) is 3.38. The van der Waals surface area contributed by atoms with Crippen LogP contribution in [0.15, 0.2) is 48.5 Å². The zero-order valence-electron chi connectivity index (χ0n) is 14.4. The first kappa shape index (κ1) is 17.5. The third-order valence-corrected chi connectivity index (χ3v) is 5.12. The van der Waals surface area contributed by atoms with E-state index >= 15 is 0 Å². The molecule has 1 heterocycles. The van der Waals surface area contributed by atoms with Gasteiger partial charge < -0.3 is 4.74 Å². The molecule has 24 heavy (non-hydrogen) atoms. The fraction of sp³-hybridized carbons (Fsp3) is 0.429. The van der Waals surface area contributed by atoms with Crippen LogP contribution in [0, 0.1) is 0 Å². The highest BCUT2D eigenvalue weighted by molar-refractivity contribution is 6.30. The van der Waals surface area contributed by atoms with Gasteiger partial charge in [0, 0.05) is 18.1 Å². The van der Waals surface area contributed by atoms with Crippen molar-refractivity contribution in [1.29, 1.82) is 0 Å².